The van der Waals surface area contributed by atoms with Gasteiger partial charge in [0, 0.05) is 36.2 Å². The summed E-state index contributed by atoms with van der Waals surface area (Å²) in [5.41, 5.74) is 4.90. The molecule has 1 aliphatic rings. The number of nitrogens with zero attached hydrogens (tertiary/aromatic N) is 7. The second kappa shape index (κ2) is 8.49. The van der Waals surface area contributed by atoms with Crippen molar-refractivity contribution in [2.45, 2.75) is 6.92 Å². The number of hydrogen-bond donors (Lipinski definition) is 1. The number of aryl methyl sites for hydroxylation is 1. The second-order valence-electron chi connectivity index (χ2n) is 7.22. The van der Waals surface area contributed by atoms with Crippen LogP contribution in [0.15, 0.2) is 60.8 Å². The van der Waals surface area contributed by atoms with Gasteiger partial charge in [0.05, 0.1) is 24.6 Å². The van der Waals surface area contributed by atoms with Gasteiger partial charge >= 0.3 is 0 Å². The fourth-order valence-corrected chi connectivity index (χ4v) is 3.53. The first-order valence-corrected chi connectivity index (χ1v) is 10.1. The van der Waals surface area contributed by atoms with E-state index >= 15 is 0 Å². The van der Waals surface area contributed by atoms with Gasteiger partial charge in [0.15, 0.2) is 5.82 Å². The number of benzene rings is 2. The van der Waals surface area contributed by atoms with Gasteiger partial charge in [-0.25, -0.2) is 9.97 Å². The molecule has 1 saturated heterocycles. The first kappa shape index (κ1) is 19.1. The monoisotopic (exact) mass is 414 g/mol. The minimum atomic E-state index is 0.543. The summed E-state index contributed by atoms with van der Waals surface area (Å²) in [4.78, 5) is 11.4. The number of rotatable bonds is 5. The highest BCUT2D eigenvalue weighted by molar-refractivity contribution is 5.65. The molecule has 9 nitrogen and oxygen atoms in total. The lowest BCUT2D eigenvalue weighted by Crippen LogP contribution is -2.36. The third-order valence-corrected chi connectivity index (χ3v) is 5.19. The van der Waals surface area contributed by atoms with Gasteiger partial charge in [-0.3, -0.25) is 0 Å². The Morgan fingerprint density at radius 1 is 0.903 bits per heavy atom. The average molecular weight is 414 g/mol. The lowest BCUT2D eigenvalue weighted by atomic mass is 10.1. The predicted octanol–water partition coefficient (Wildman–Crippen LogP) is 3.01. The van der Waals surface area contributed by atoms with Crippen molar-refractivity contribution in [2.24, 2.45) is 0 Å². The molecule has 0 amide bonds. The van der Waals surface area contributed by atoms with Crippen LogP contribution in [-0.2, 0) is 4.74 Å². The number of morpholine rings is 1. The van der Waals surface area contributed by atoms with Crippen molar-refractivity contribution in [1.82, 2.24) is 30.2 Å². The fraction of sp³-hybridized carbons (Fsp3) is 0.227. The van der Waals surface area contributed by atoms with Crippen LogP contribution in [0, 0.1) is 6.92 Å². The Labute approximate surface area is 179 Å². The summed E-state index contributed by atoms with van der Waals surface area (Å²) in [7, 11) is 0. The predicted molar refractivity (Wildman–Crippen MR) is 118 cm³/mol. The number of hydrogen-bond acceptors (Lipinski definition) is 8. The zero-order valence-electron chi connectivity index (χ0n) is 17.1. The molecule has 2 aromatic carbocycles. The first-order chi connectivity index (χ1) is 15.3. The highest BCUT2D eigenvalue weighted by Gasteiger charge is 2.11. The fourth-order valence-electron chi connectivity index (χ4n) is 3.53. The molecule has 0 bridgehead atoms. The average Bonchev–Trinajstić information content (AvgIpc) is 3.26. The van der Waals surface area contributed by atoms with Crippen molar-refractivity contribution in [3.63, 3.8) is 0 Å². The molecular formula is C22H22N8O. The van der Waals surface area contributed by atoms with Gasteiger partial charge in [0.2, 0.25) is 5.95 Å². The van der Waals surface area contributed by atoms with E-state index in [4.69, 9.17) is 4.74 Å². The van der Waals surface area contributed by atoms with Gasteiger partial charge in [0.25, 0.3) is 0 Å². The summed E-state index contributed by atoms with van der Waals surface area (Å²) in [5, 5.41) is 14.8. The highest BCUT2D eigenvalue weighted by Crippen LogP contribution is 2.24. The molecule has 1 fully saturated rings. The number of aromatic nitrogens is 6. The maximum Gasteiger partial charge on any atom is 0.227 e. The summed E-state index contributed by atoms with van der Waals surface area (Å²) in [6.07, 6.45) is 1.76. The van der Waals surface area contributed by atoms with Crippen LogP contribution in [0.5, 0.6) is 0 Å². The number of nitrogens with one attached hydrogen (secondary N) is 1. The minimum absolute atomic E-state index is 0.543. The van der Waals surface area contributed by atoms with Gasteiger partial charge in [-0.1, -0.05) is 12.1 Å². The van der Waals surface area contributed by atoms with E-state index in [1.165, 1.54) is 5.69 Å². The van der Waals surface area contributed by atoms with Crippen LogP contribution in [0.4, 0.5) is 17.3 Å². The Morgan fingerprint density at radius 2 is 1.65 bits per heavy atom. The maximum absolute atomic E-state index is 5.43. The van der Waals surface area contributed by atoms with E-state index in [9.17, 15) is 0 Å². The van der Waals surface area contributed by atoms with E-state index in [0.717, 1.165) is 54.8 Å². The van der Waals surface area contributed by atoms with E-state index in [1.54, 1.807) is 10.9 Å². The summed E-state index contributed by atoms with van der Waals surface area (Å²) in [6, 6.07) is 18.2. The highest BCUT2D eigenvalue weighted by atomic mass is 16.5. The van der Waals surface area contributed by atoms with Gasteiger partial charge in [-0.05, 0) is 59.8 Å². The van der Waals surface area contributed by atoms with Crippen molar-refractivity contribution in [3.05, 3.63) is 66.6 Å². The normalized spacial score (nSPS) is 13.9. The molecule has 0 radical (unpaired) electrons. The molecule has 3 heterocycles. The lowest BCUT2D eigenvalue weighted by Gasteiger charge is -2.28. The molecule has 5 rings (SSSR count). The van der Waals surface area contributed by atoms with Crippen LogP contribution in [0.25, 0.3) is 16.9 Å². The minimum Gasteiger partial charge on any atom is -0.378 e. The molecule has 0 unspecified atom stereocenters. The lowest BCUT2D eigenvalue weighted by molar-refractivity contribution is 0.122. The number of anilines is 3. The molecule has 0 spiro atoms. The molecule has 0 aliphatic carbocycles. The number of tetrazole rings is 1. The molecule has 0 atom stereocenters. The Balaban J connectivity index is 1.30. The number of ether oxygens (including phenoxy) is 1. The standard InChI is InChI=1S/C22H22N8O/c1-16-26-27-28-30(16)20-8-4-18(5-9-20)24-22-23-11-10-21(25-22)17-2-6-19(7-3-17)29-12-14-31-15-13-29/h2-11H,12-15H2,1H3,(H,23,24,25). The first-order valence-electron chi connectivity index (χ1n) is 10.1. The van der Waals surface area contributed by atoms with Gasteiger partial charge in [-0.15, -0.1) is 5.10 Å². The molecule has 9 heteroatoms. The third-order valence-electron chi connectivity index (χ3n) is 5.19. The van der Waals surface area contributed by atoms with Gasteiger partial charge < -0.3 is 15.0 Å². The Kier molecular flexibility index (Phi) is 5.24. The third kappa shape index (κ3) is 4.22. The molecule has 2 aromatic heterocycles. The molecular weight excluding hydrogens is 392 g/mol. The second-order valence-corrected chi connectivity index (χ2v) is 7.22. The summed E-state index contributed by atoms with van der Waals surface area (Å²) in [6.45, 7) is 5.26. The van der Waals surface area contributed by atoms with Crippen LogP contribution < -0.4 is 10.2 Å². The van der Waals surface area contributed by atoms with Crippen LogP contribution >= 0.6 is 0 Å². The van der Waals surface area contributed by atoms with E-state index in [0.29, 0.717) is 5.95 Å². The Hall–Kier alpha value is -3.85. The van der Waals surface area contributed by atoms with Crippen molar-refractivity contribution in [2.75, 3.05) is 36.5 Å². The van der Waals surface area contributed by atoms with Crippen LogP contribution in [-0.4, -0.2) is 56.5 Å². The van der Waals surface area contributed by atoms with Crippen molar-refractivity contribution in [3.8, 4) is 16.9 Å². The zero-order valence-corrected chi connectivity index (χ0v) is 17.1. The van der Waals surface area contributed by atoms with Gasteiger partial charge in [-0.2, -0.15) is 4.68 Å². The van der Waals surface area contributed by atoms with E-state index in [2.05, 4.69) is 60.0 Å². The van der Waals surface area contributed by atoms with E-state index in [-0.39, 0.29) is 0 Å². The SMILES string of the molecule is Cc1nnnn1-c1ccc(Nc2nccc(-c3ccc(N4CCOCC4)cc3)n2)cc1. The van der Waals surface area contributed by atoms with Crippen LogP contribution in [0.1, 0.15) is 5.82 Å². The molecule has 156 valence electrons. The van der Waals surface area contributed by atoms with Crippen molar-refractivity contribution < 1.29 is 4.74 Å². The van der Waals surface area contributed by atoms with Crippen molar-refractivity contribution >= 4 is 17.3 Å². The largest absolute Gasteiger partial charge is 0.378 e. The summed E-state index contributed by atoms with van der Waals surface area (Å²) in [5.74, 6) is 1.28. The maximum atomic E-state index is 5.43. The molecule has 4 aromatic rings. The Morgan fingerprint density at radius 3 is 2.35 bits per heavy atom. The topological polar surface area (TPSA) is 93.9 Å². The van der Waals surface area contributed by atoms with Crippen LogP contribution in [0.3, 0.4) is 0 Å². The Bertz CT molecular complexity index is 1150. The summed E-state index contributed by atoms with van der Waals surface area (Å²) >= 11 is 0. The van der Waals surface area contributed by atoms with Gasteiger partial charge in [0.1, 0.15) is 0 Å². The quantitative estimate of drug-likeness (QED) is 0.533. The molecule has 1 aliphatic heterocycles. The molecule has 1 N–H and O–H groups in total. The molecule has 0 saturated carbocycles. The smallest absolute Gasteiger partial charge is 0.227 e. The summed E-state index contributed by atoms with van der Waals surface area (Å²) < 4.78 is 7.11. The van der Waals surface area contributed by atoms with E-state index in [1.807, 2.05) is 37.3 Å². The van der Waals surface area contributed by atoms with E-state index < -0.39 is 0 Å². The zero-order chi connectivity index (χ0) is 21.0. The van der Waals surface area contributed by atoms with Crippen LogP contribution in [0.2, 0.25) is 0 Å². The van der Waals surface area contributed by atoms with Crippen molar-refractivity contribution in [1.29, 1.82) is 0 Å². The molecule has 31 heavy (non-hydrogen) atoms.